The highest BCUT2D eigenvalue weighted by atomic mass is 32.1. The van der Waals surface area contributed by atoms with Crippen molar-refractivity contribution in [3.05, 3.63) is 46.2 Å². The van der Waals surface area contributed by atoms with Gasteiger partial charge in [0.15, 0.2) is 0 Å². The first-order chi connectivity index (χ1) is 8.08. The molecule has 1 heterocycles. The van der Waals surface area contributed by atoms with Gasteiger partial charge in [-0.2, -0.15) is 11.3 Å². The summed E-state index contributed by atoms with van der Waals surface area (Å²) >= 11 is 1.39. The van der Waals surface area contributed by atoms with Crippen molar-refractivity contribution >= 4 is 28.6 Å². The van der Waals surface area contributed by atoms with Gasteiger partial charge >= 0.3 is 0 Å². The van der Waals surface area contributed by atoms with Crippen LogP contribution in [-0.2, 0) is 0 Å². The molecular weight excluding hydrogens is 246 g/mol. The zero-order valence-corrected chi connectivity index (χ0v) is 9.35. The summed E-state index contributed by atoms with van der Waals surface area (Å²) in [5, 5.41) is 5.95. The van der Waals surface area contributed by atoms with E-state index in [0.29, 0.717) is 11.8 Å². The van der Waals surface area contributed by atoms with E-state index in [9.17, 15) is 13.6 Å². The third-order valence-electron chi connectivity index (χ3n) is 2.11. The second-order valence-corrected chi connectivity index (χ2v) is 4.10. The van der Waals surface area contributed by atoms with Gasteiger partial charge in [0, 0.05) is 11.4 Å². The molecule has 6 heteroatoms. The van der Waals surface area contributed by atoms with E-state index in [0.717, 1.165) is 6.07 Å². The molecular formula is C11H8F2N2OS. The maximum absolute atomic E-state index is 13.4. The first-order valence-electron chi connectivity index (χ1n) is 4.66. The minimum absolute atomic E-state index is 0.262. The minimum Gasteiger partial charge on any atom is -0.396 e. The molecule has 0 atom stereocenters. The highest BCUT2D eigenvalue weighted by Crippen LogP contribution is 2.19. The molecule has 17 heavy (non-hydrogen) atoms. The molecule has 3 nitrogen and oxygen atoms in total. The molecule has 88 valence electrons. The van der Waals surface area contributed by atoms with Crippen molar-refractivity contribution in [1.82, 2.24) is 0 Å². The van der Waals surface area contributed by atoms with Gasteiger partial charge in [-0.05, 0) is 17.5 Å². The van der Waals surface area contributed by atoms with Crippen LogP contribution >= 0.6 is 11.3 Å². The van der Waals surface area contributed by atoms with E-state index < -0.39 is 17.5 Å². The van der Waals surface area contributed by atoms with Crippen LogP contribution in [0, 0.1) is 11.6 Å². The summed E-state index contributed by atoms with van der Waals surface area (Å²) in [6.07, 6.45) is 0. The lowest BCUT2D eigenvalue weighted by Gasteiger charge is -2.05. The summed E-state index contributed by atoms with van der Waals surface area (Å²) in [4.78, 5) is 11.7. The van der Waals surface area contributed by atoms with Crippen LogP contribution in [-0.4, -0.2) is 5.91 Å². The Morgan fingerprint density at radius 1 is 1.29 bits per heavy atom. The van der Waals surface area contributed by atoms with Crippen LogP contribution in [0.3, 0.4) is 0 Å². The summed E-state index contributed by atoms with van der Waals surface area (Å²) in [6, 6.07) is 3.25. The predicted molar refractivity (Wildman–Crippen MR) is 63.0 cm³/mol. The van der Waals surface area contributed by atoms with E-state index in [-0.39, 0.29) is 11.3 Å². The molecule has 0 saturated carbocycles. The topological polar surface area (TPSA) is 55.1 Å². The second-order valence-electron chi connectivity index (χ2n) is 3.32. The Balaban J connectivity index is 2.28. The molecule has 0 aliphatic carbocycles. The van der Waals surface area contributed by atoms with Crippen LogP contribution in [0.25, 0.3) is 0 Å². The number of benzene rings is 1. The van der Waals surface area contributed by atoms with Gasteiger partial charge in [-0.15, -0.1) is 0 Å². The molecule has 0 spiro atoms. The van der Waals surface area contributed by atoms with Gasteiger partial charge in [-0.25, -0.2) is 8.78 Å². The first kappa shape index (κ1) is 11.5. The lowest BCUT2D eigenvalue weighted by Crippen LogP contribution is -2.14. The normalized spacial score (nSPS) is 10.2. The Morgan fingerprint density at radius 3 is 2.71 bits per heavy atom. The van der Waals surface area contributed by atoms with E-state index in [4.69, 9.17) is 5.73 Å². The summed E-state index contributed by atoms with van der Waals surface area (Å²) in [7, 11) is 0. The number of halogens is 2. The van der Waals surface area contributed by atoms with Crippen molar-refractivity contribution in [2.24, 2.45) is 0 Å². The lowest BCUT2D eigenvalue weighted by molar-refractivity contribution is 0.102. The number of anilines is 2. The molecule has 0 bridgehead atoms. The number of rotatable bonds is 2. The first-order valence-corrected chi connectivity index (χ1v) is 5.60. The number of nitrogens with one attached hydrogen (secondary N) is 1. The monoisotopic (exact) mass is 254 g/mol. The zero-order chi connectivity index (χ0) is 12.4. The number of carbonyl (C=O) groups is 1. The lowest BCUT2D eigenvalue weighted by atomic mass is 10.1. The number of hydrogen-bond acceptors (Lipinski definition) is 3. The third kappa shape index (κ3) is 2.42. The molecule has 0 aliphatic rings. The number of nitrogen functional groups attached to an aromatic ring is 1. The van der Waals surface area contributed by atoms with Crippen molar-refractivity contribution in [2.45, 2.75) is 0 Å². The number of carbonyl (C=O) groups excluding carboxylic acids is 1. The molecule has 3 N–H and O–H groups in total. The number of hydrogen-bond donors (Lipinski definition) is 2. The number of thiophene rings is 1. The van der Waals surface area contributed by atoms with E-state index in [2.05, 4.69) is 5.32 Å². The Labute approximate surface area is 99.9 Å². The fourth-order valence-corrected chi connectivity index (χ4v) is 1.86. The SMILES string of the molecule is Nc1cc(C(=O)Nc2ccsc2)c(F)cc1F. The van der Waals surface area contributed by atoms with E-state index in [1.54, 1.807) is 16.8 Å². The maximum Gasteiger partial charge on any atom is 0.258 e. The summed E-state index contributed by atoms with van der Waals surface area (Å²) in [6.45, 7) is 0. The molecule has 0 unspecified atom stereocenters. The van der Waals surface area contributed by atoms with Gasteiger partial charge in [0.05, 0.1) is 16.9 Å². The summed E-state index contributed by atoms with van der Waals surface area (Å²) in [5.41, 5.74) is 5.29. The molecule has 0 radical (unpaired) electrons. The maximum atomic E-state index is 13.4. The van der Waals surface area contributed by atoms with E-state index in [1.807, 2.05) is 0 Å². The number of amides is 1. The van der Waals surface area contributed by atoms with Gasteiger partial charge in [0.2, 0.25) is 0 Å². The largest absolute Gasteiger partial charge is 0.396 e. The quantitative estimate of drug-likeness (QED) is 0.810. The van der Waals surface area contributed by atoms with Gasteiger partial charge in [-0.1, -0.05) is 0 Å². The van der Waals surface area contributed by atoms with Crippen LogP contribution in [0.15, 0.2) is 29.0 Å². The second kappa shape index (κ2) is 4.50. The molecule has 0 fully saturated rings. The fourth-order valence-electron chi connectivity index (χ4n) is 1.27. The smallest absolute Gasteiger partial charge is 0.258 e. The van der Waals surface area contributed by atoms with E-state index in [1.165, 1.54) is 11.3 Å². The Bertz CT molecular complexity index is 555. The average molecular weight is 254 g/mol. The Morgan fingerprint density at radius 2 is 2.06 bits per heavy atom. The summed E-state index contributed by atoms with van der Waals surface area (Å²) in [5.74, 6) is -2.48. The number of nitrogens with two attached hydrogens (primary N) is 1. The Hall–Kier alpha value is -1.95. The minimum atomic E-state index is -0.940. The highest BCUT2D eigenvalue weighted by molar-refractivity contribution is 7.08. The molecule has 1 aromatic heterocycles. The van der Waals surface area contributed by atoms with Crippen molar-refractivity contribution in [1.29, 1.82) is 0 Å². The van der Waals surface area contributed by atoms with Gasteiger partial charge in [0.1, 0.15) is 11.6 Å². The highest BCUT2D eigenvalue weighted by Gasteiger charge is 2.15. The van der Waals surface area contributed by atoms with Gasteiger partial charge in [-0.3, -0.25) is 4.79 Å². The molecule has 1 aromatic carbocycles. The van der Waals surface area contributed by atoms with Crippen LogP contribution < -0.4 is 11.1 Å². The van der Waals surface area contributed by atoms with Crippen molar-refractivity contribution < 1.29 is 13.6 Å². The van der Waals surface area contributed by atoms with Gasteiger partial charge < -0.3 is 11.1 Å². The van der Waals surface area contributed by atoms with Crippen LogP contribution in [0.2, 0.25) is 0 Å². The molecule has 0 saturated heterocycles. The Kier molecular flexibility index (Phi) is 3.06. The standard InChI is InChI=1S/C11H8F2N2OS/c12-8-4-9(13)10(14)3-7(8)11(16)15-6-1-2-17-5-6/h1-5H,14H2,(H,15,16). The van der Waals surface area contributed by atoms with E-state index >= 15 is 0 Å². The van der Waals surface area contributed by atoms with Crippen molar-refractivity contribution in [3.8, 4) is 0 Å². The van der Waals surface area contributed by atoms with Crippen LogP contribution in [0.1, 0.15) is 10.4 Å². The third-order valence-corrected chi connectivity index (χ3v) is 2.79. The van der Waals surface area contributed by atoms with Crippen LogP contribution in [0.4, 0.5) is 20.2 Å². The molecule has 0 aliphatic heterocycles. The van der Waals surface area contributed by atoms with Crippen molar-refractivity contribution in [2.75, 3.05) is 11.1 Å². The van der Waals surface area contributed by atoms with Gasteiger partial charge in [0.25, 0.3) is 5.91 Å². The molecule has 1 amide bonds. The fraction of sp³-hybridized carbons (Fsp3) is 0. The summed E-state index contributed by atoms with van der Waals surface area (Å²) < 4.78 is 26.3. The average Bonchev–Trinajstić information content (AvgIpc) is 2.76. The molecule has 2 aromatic rings. The predicted octanol–water partition coefficient (Wildman–Crippen LogP) is 2.86. The van der Waals surface area contributed by atoms with Crippen LogP contribution in [0.5, 0.6) is 0 Å². The van der Waals surface area contributed by atoms with Crippen molar-refractivity contribution in [3.63, 3.8) is 0 Å². The zero-order valence-electron chi connectivity index (χ0n) is 8.54. The molecule has 2 rings (SSSR count).